The minimum Gasteiger partial charge on any atom is -0.466 e. The summed E-state index contributed by atoms with van der Waals surface area (Å²) in [4.78, 5) is 25.5. The number of carbonyl (C=O) groups excluding carboxylic acids is 2. The number of amides is 1. The molecular weight excluding hydrogens is 366 g/mol. The van der Waals surface area contributed by atoms with Crippen molar-refractivity contribution < 1.29 is 14.3 Å². The Morgan fingerprint density at radius 3 is 2.34 bits per heavy atom. The maximum Gasteiger partial charge on any atom is 0.311 e. The van der Waals surface area contributed by atoms with Crippen LogP contribution in [0.5, 0.6) is 0 Å². The maximum absolute atomic E-state index is 13.1. The highest BCUT2D eigenvalue weighted by Crippen LogP contribution is 2.18. The lowest BCUT2D eigenvalue weighted by Crippen LogP contribution is -2.39. The first kappa shape index (κ1) is 20.3. The van der Waals surface area contributed by atoms with Gasteiger partial charge in [0.05, 0.1) is 12.5 Å². The van der Waals surface area contributed by atoms with E-state index in [4.69, 9.17) is 4.74 Å². The number of aromatic nitrogens is 2. The van der Waals surface area contributed by atoms with E-state index in [9.17, 15) is 9.59 Å². The molecule has 0 fully saturated rings. The standard InChI is InChI=1S/C23H25N3O3/c1-2-29-23(28)20(16-18-10-5-3-6-11-18)17-24-22(27)21(26-15-9-14-25-26)19-12-7-4-8-13-19/h3-15,20-21H,2,16-17H2,1H3,(H,24,27). The highest BCUT2D eigenvalue weighted by Gasteiger charge is 2.26. The highest BCUT2D eigenvalue weighted by atomic mass is 16.5. The van der Waals surface area contributed by atoms with Gasteiger partial charge in [-0.2, -0.15) is 5.10 Å². The topological polar surface area (TPSA) is 73.2 Å². The zero-order valence-electron chi connectivity index (χ0n) is 16.4. The summed E-state index contributed by atoms with van der Waals surface area (Å²) >= 11 is 0. The Morgan fingerprint density at radius 1 is 1.03 bits per heavy atom. The first-order valence-electron chi connectivity index (χ1n) is 9.71. The number of esters is 1. The van der Waals surface area contributed by atoms with Crippen LogP contribution in [0.4, 0.5) is 0 Å². The third kappa shape index (κ3) is 5.54. The molecule has 0 saturated heterocycles. The van der Waals surface area contributed by atoms with Gasteiger partial charge in [0.1, 0.15) is 0 Å². The van der Waals surface area contributed by atoms with E-state index in [1.807, 2.05) is 60.7 Å². The van der Waals surface area contributed by atoms with E-state index < -0.39 is 12.0 Å². The van der Waals surface area contributed by atoms with Gasteiger partial charge in [0, 0.05) is 18.9 Å². The maximum atomic E-state index is 13.1. The summed E-state index contributed by atoms with van der Waals surface area (Å²) < 4.78 is 6.83. The van der Waals surface area contributed by atoms with Crippen LogP contribution in [-0.2, 0) is 20.7 Å². The van der Waals surface area contributed by atoms with Gasteiger partial charge in [0.25, 0.3) is 0 Å². The minimum absolute atomic E-state index is 0.192. The lowest BCUT2D eigenvalue weighted by molar-refractivity contribution is -0.147. The molecule has 6 heteroatoms. The Bertz CT molecular complexity index is 896. The third-order valence-electron chi connectivity index (χ3n) is 4.62. The third-order valence-corrected chi connectivity index (χ3v) is 4.62. The van der Waals surface area contributed by atoms with E-state index in [-0.39, 0.29) is 18.4 Å². The molecule has 2 unspecified atom stereocenters. The van der Waals surface area contributed by atoms with Gasteiger partial charge >= 0.3 is 5.97 Å². The fourth-order valence-electron chi connectivity index (χ4n) is 3.21. The zero-order valence-corrected chi connectivity index (χ0v) is 16.4. The Balaban J connectivity index is 1.74. The Hall–Kier alpha value is -3.41. The second-order valence-corrected chi connectivity index (χ2v) is 6.68. The van der Waals surface area contributed by atoms with Crippen LogP contribution in [0.2, 0.25) is 0 Å². The minimum atomic E-state index is -0.606. The van der Waals surface area contributed by atoms with Crippen molar-refractivity contribution in [1.82, 2.24) is 15.1 Å². The predicted octanol–water partition coefficient (Wildman–Crippen LogP) is 3.01. The number of nitrogens with zero attached hydrogens (tertiary/aromatic N) is 2. The smallest absolute Gasteiger partial charge is 0.311 e. The lowest BCUT2D eigenvalue weighted by atomic mass is 9.99. The molecule has 1 amide bonds. The van der Waals surface area contributed by atoms with Crippen molar-refractivity contribution in [1.29, 1.82) is 0 Å². The number of rotatable bonds is 9. The van der Waals surface area contributed by atoms with E-state index in [1.54, 1.807) is 30.1 Å². The van der Waals surface area contributed by atoms with E-state index in [0.717, 1.165) is 11.1 Å². The van der Waals surface area contributed by atoms with Gasteiger partial charge < -0.3 is 10.1 Å². The molecule has 0 aliphatic heterocycles. The summed E-state index contributed by atoms with van der Waals surface area (Å²) in [5.41, 5.74) is 1.84. The van der Waals surface area contributed by atoms with Crippen molar-refractivity contribution in [3.63, 3.8) is 0 Å². The molecule has 1 heterocycles. The normalized spacial score (nSPS) is 12.7. The molecule has 0 aliphatic rings. The molecule has 2 atom stereocenters. The van der Waals surface area contributed by atoms with Gasteiger partial charge in [0.2, 0.25) is 5.91 Å². The van der Waals surface area contributed by atoms with E-state index in [1.165, 1.54) is 0 Å². The van der Waals surface area contributed by atoms with Crippen molar-refractivity contribution in [3.8, 4) is 0 Å². The van der Waals surface area contributed by atoms with Crippen LogP contribution < -0.4 is 5.32 Å². The van der Waals surface area contributed by atoms with Crippen molar-refractivity contribution in [2.45, 2.75) is 19.4 Å². The van der Waals surface area contributed by atoms with Crippen molar-refractivity contribution in [2.24, 2.45) is 5.92 Å². The summed E-state index contributed by atoms with van der Waals surface area (Å²) in [6.07, 6.45) is 3.89. The number of carbonyl (C=O) groups is 2. The van der Waals surface area contributed by atoms with Crippen LogP contribution in [0.3, 0.4) is 0 Å². The van der Waals surface area contributed by atoms with Gasteiger partial charge in [-0.25, -0.2) is 0 Å². The van der Waals surface area contributed by atoms with Gasteiger partial charge in [-0.15, -0.1) is 0 Å². The number of ether oxygens (including phenoxy) is 1. The molecule has 29 heavy (non-hydrogen) atoms. The van der Waals surface area contributed by atoms with Gasteiger partial charge in [0.15, 0.2) is 6.04 Å². The first-order valence-corrected chi connectivity index (χ1v) is 9.71. The largest absolute Gasteiger partial charge is 0.466 e. The molecule has 1 aromatic heterocycles. The van der Waals surface area contributed by atoms with Crippen LogP contribution in [0.15, 0.2) is 79.1 Å². The molecule has 150 valence electrons. The summed E-state index contributed by atoms with van der Waals surface area (Å²) in [5, 5.41) is 7.17. The second kappa shape index (κ2) is 10.2. The molecule has 6 nitrogen and oxygen atoms in total. The number of hydrogen-bond donors (Lipinski definition) is 1. The molecule has 0 saturated carbocycles. The quantitative estimate of drug-likeness (QED) is 0.569. The fraction of sp³-hybridized carbons (Fsp3) is 0.261. The summed E-state index contributed by atoms with van der Waals surface area (Å²) in [6, 6.07) is 20.3. The molecular formula is C23H25N3O3. The number of hydrogen-bond acceptors (Lipinski definition) is 4. The van der Waals surface area contributed by atoms with Gasteiger partial charge in [-0.3, -0.25) is 14.3 Å². The molecule has 0 aliphatic carbocycles. The molecule has 0 radical (unpaired) electrons. The molecule has 1 N–H and O–H groups in total. The fourth-order valence-corrected chi connectivity index (χ4v) is 3.21. The number of benzene rings is 2. The molecule has 3 rings (SSSR count). The van der Waals surface area contributed by atoms with Crippen molar-refractivity contribution in [3.05, 3.63) is 90.3 Å². The molecule has 2 aromatic carbocycles. The van der Waals surface area contributed by atoms with E-state index in [0.29, 0.717) is 13.0 Å². The predicted molar refractivity (Wildman–Crippen MR) is 110 cm³/mol. The van der Waals surface area contributed by atoms with E-state index >= 15 is 0 Å². The average molecular weight is 391 g/mol. The second-order valence-electron chi connectivity index (χ2n) is 6.68. The SMILES string of the molecule is CCOC(=O)C(CNC(=O)C(c1ccccc1)n1cccn1)Cc1ccccc1. The van der Waals surface area contributed by atoms with E-state index in [2.05, 4.69) is 10.4 Å². The number of nitrogens with one attached hydrogen (secondary N) is 1. The summed E-state index contributed by atoms with van der Waals surface area (Å²) in [7, 11) is 0. The Kier molecular flexibility index (Phi) is 7.16. The average Bonchev–Trinajstić information content (AvgIpc) is 3.27. The summed E-state index contributed by atoms with van der Waals surface area (Å²) in [6.45, 7) is 2.27. The Morgan fingerprint density at radius 2 is 1.72 bits per heavy atom. The molecule has 3 aromatic rings. The highest BCUT2D eigenvalue weighted by molar-refractivity contribution is 5.84. The van der Waals surface area contributed by atoms with Crippen LogP contribution in [0.25, 0.3) is 0 Å². The van der Waals surface area contributed by atoms with Gasteiger partial charge in [-0.1, -0.05) is 60.7 Å². The summed E-state index contributed by atoms with van der Waals surface area (Å²) in [5.74, 6) is -0.996. The van der Waals surface area contributed by atoms with Crippen molar-refractivity contribution in [2.75, 3.05) is 13.2 Å². The van der Waals surface area contributed by atoms with Crippen LogP contribution in [-0.4, -0.2) is 34.8 Å². The lowest BCUT2D eigenvalue weighted by Gasteiger charge is -2.21. The molecule has 0 spiro atoms. The molecule has 0 bridgehead atoms. The zero-order chi connectivity index (χ0) is 20.5. The van der Waals surface area contributed by atoms with Crippen LogP contribution >= 0.6 is 0 Å². The van der Waals surface area contributed by atoms with Crippen molar-refractivity contribution >= 4 is 11.9 Å². The first-order chi connectivity index (χ1) is 14.2. The van der Waals surface area contributed by atoms with Crippen LogP contribution in [0.1, 0.15) is 24.1 Å². The van der Waals surface area contributed by atoms with Gasteiger partial charge in [-0.05, 0) is 30.5 Å². The Labute approximate surface area is 170 Å². The van der Waals surface area contributed by atoms with Crippen LogP contribution in [0, 0.1) is 5.92 Å². The monoisotopic (exact) mass is 391 g/mol.